The van der Waals surface area contributed by atoms with Crippen LogP contribution in [0.25, 0.3) is 11.4 Å². The minimum absolute atomic E-state index is 0.525. The highest BCUT2D eigenvalue weighted by atomic mass is 35.5. The van der Waals surface area contributed by atoms with Gasteiger partial charge in [-0.1, -0.05) is 35.9 Å². The Bertz CT molecular complexity index is 776. The van der Waals surface area contributed by atoms with Crippen LogP contribution in [-0.2, 0) is 6.54 Å². The first kappa shape index (κ1) is 14.4. The Morgan fingerprint density at radius 1 is 1.23 bits per heavy atom. The topological polar surface area (TPSA) is 79.6 Å². The van der Waals surface area contributed by atoms with E-state index in [1.807, 2.05) is 49.4 Å². The lowest BCUT2D eigenvalue weighted by atomic mass is 10.1. The zero-order valence-electron chi connectivity index (χ0n) is 12.1. The summed E-state index contributed by atoms with van der Waals surface area (Å²) < 4.78 is 0. The fourth-order valence-corrected chi connectivity index (χ4v) is 2.50. The molecule has 0 atom stereocenters. The van der Waals surface area contributed by atoms with E-state index < -0.39 is 0 Å². The van der Waals surface area contributed by atoms with Gasteiger partial charge in [0.25, 0.3) is 0 Å². The fourth-order valence-electron chi connectivity index (χ4n) is 2.21. The largest absolute Gasteiger partial charge is 0.399 e. The molecule has 0 bridgehead atoms. The summed E-state index contributed by atoms with van der Waals surface area (Å²) in [6.45, 7) is 2.60. The van der Waals surface area contributed by atoms with Crippen LogP contribution in [0.4, 0.5) is 11.6 Å². The predicted molar refractivity (Wildman–Crippen MR) is 89.7 cm³/mol. The number of nitrogen functional groups attached to an aromatic ring is 1. The third kappa shape index (κ3) is 3.04. The first-order chi connectivity index (χ1) is 10.6. The average molecular weight is 314 g/mol. The number of aromatic nitrogens is 3. The van der Waals surface area contributed by atoms with E-state index in [1.165, 1.54) is 0 Å². The maximum absolute atomic E-state index is 6.21. The van der Waals surface area contributed by atoms with Crippen molar-refractivity contribution in [1.82, 2.24) is 15.2 Å². The van der Waals surface area contributed by atoms with E-state index in [4.69, 9.17) is 17.3 Å². The molecule has 112 valence electrons. The molecule has 0 aliphatic carbocycles. The van der Waals surface area contributed by atoms with Crippen molar-refractivity contribution in [2.45, 2.75) is 13.5 Å². The Labute approximate surface area is 133 Å². The van der Waals surface area contributed by atoms with Crippen LogP contribution in [0.3, 0.4) is 0 Å². The highest BCUT2D eigenvalue weighted by Gasteiger charge is 2.08. The zero-order chi connectivity index (χ0) is 15.5. The van der Waals surface area contributed by atoms with Crippen molar-refractivity contribution in [3.8, 4) is 11.4 Å². The lowest BCUT2D eigenvalue weighted by Gasteiger charge is -2.08. The van der Waals surface area contributed by atoms with E-state index in [0.717, 1.165) is 21.7 Å². The quantitative estimate of drug-likeness (QED) is 0.643. The van der Waals surface area contributed by atoms with Gasteiger partial charge in [0.2, 0.25) is 5.95 Å². The van der Waals surface area contributed by atoms with E-state index >= 15 is 0 Å². The molecule has 5 nitrogen and oxygen atoms in total. The molecule has 4 N–H and O–H groups in total. The highest BCUT2D eigenvalue weighted by molar-refractivity contribution is 6.31. The molecule has 3 rings (SSSR count). The van der Waals surface area contributed by atoms with Crippen LogP contribution in [0.1, 0.15) is 11.1 Å². The van der Waals surface area contributed by atoms with Gasteiger partial charge in [0, 0.05) is 22.8 Å². The molecule has 6 heteroatoms. The van der Waals surface area contributed by atoms with E-state index in [0.29, 0.717) is 24.0 Å². The number of aryl methyl sites for hydroxylation is 1. The highest BCUT2D eigenvalue weighted by Crippen LogP contribution is 2.21. The summed E-state index contributed by atoms with van der Waals surface area (Å²) in [6.07, 6.45) is 0. The van der Waals surface area contributed by atoms with Gasteiger partial charge in [-0.25, -0.2) is 0 Å². The lowest BCUT2D eigenvalue weighted by Crippen LogP contribution is -2.03. The molecule has 3 aromatic rings. The van der Waals surface area contributed by atoms with E-state index in [1.54, 1.807) is 0 Å². The van der Waals surface area contributed by atoms with E-state index in [2.05, 4.69) is 20.5 Å². The van der Waals surface area contributed by atoms with Gasteiger partial charge in [0.05, 0.1) is 0 Å². The Morgan fingerprint density at radius 2 is 2.05 bits per heavy atom. The van der Waals surface area contributed by atoms with Gasteiger partial charge < -0.3 is 11.1 Å². The maximum Gasteiger partial charge on any atom is 0.242 e. The number of benzene rings is 2. The van der Waals surface area contributed by atoms with Gasteiger partial charge in [-0.05, 0) is 36.2 Å². The summed E-state index contributed by atoms with van der Waals surface area (Å²) in [6, 6.07) is 13.3. The van der Waals surface area contributed by atoms with Crippen molar-refractivity contribution in [1.29, 1.82) is 0 Å². The van der Waals surface area contributed by atoms with E-state index in [9.17, 15) is 0 Å². The summed E-state index contributed by atoms with van der Waals surface area (Å²) in [5, 5.41) is 11.0. The SMILES string of the molecule is Cc1cccc(Cl)c1CNc1n[nH]c(-c2cccc(N)c2)n1. The van der Waals surface area contributed by atoms with Crippen LogP contribution >= 0.6 is 11.6 Å². The number of rotatable bonds is 4. The Kier molecular flexibility index (Phi) is 3.98. The second-order valence-corrected chi connectivity index (χ2v) is 5.43. The number of hydrogen-bond acceptors (Lipinski definition) is 4. The molecular weight excluding hydrogens is 298 g/mol. The number of H-pyrrole nitrogens is 1. The Morgan fingerprint density at radius 3 is 2.82 bits per heavy atom. The van der Waals surface area contributed by atoms with Gasteiger partial charge in [0.1, 0.15) is 0 Å². The fraction of sp³-hybridized carbons (Fsp3) is 0.125. The van der Waals surface area contributed by atoms with Crippen molar-refractivity contribution in [2.24, 2.45) is 0 Å². The van der Waals surface area contributed by atoms with Crippen molar-refractivity contribution in [3.63, 3.8) is 0 Å². The smallest absolute Gasteiger partial charge is 0.242 e. The summed E-state index contributed by atoms with van der Waals surface area (Å²) in [5.41, 5.74) is 9.54. The number of anilines is 2. The number of nitrogens with zero attached hydrogens (tertiary/aromatic N) is 2. The first-order valence-electron chi connectivity index (χ1n) is 6.89. The molecule has 0 aliphatic rings. The third-order valence-electron chi connectivity index (χ3n) is 3.42. The first-order valence-corrected chi connectivity index (χ1v) is 7.27. The second kappa shape index (κ2) is 6.07. The van der Waals surface area contributed by atoms with Crippen molar-refractivity contribution < 1.29 is 0 Å². The summed E-state index contributed by atoms with van der Waals surface area (Å²) in [7, 11) is 0. The van der Waals surface area contributed by atoms with Gasteiger partial charge in [0.15, 0.2) is 5.82 Å². The third-order valence-corrected chi connectivity index (χ3v) is 3.78. The molecule has 0 aliphatic heterocycles. The lowest BCUT2D eigenvalue weighted by molar-refractivity contribution is 1.04. The van der Waals surface area contributed by atoms with Gasteiger partial charge in [-0.15, -0.1) is 5.10 Å². The van der Waals surface area contributed by atoms with Crippen molar-refractivity contribution in [2.75, 3.05) is 11.1 Å². The molecule has 0 spiro atoms. The van der Waals surface area contributed by atoms with E-state index in [-0.39, 0.29) is 0 Å². The van der Waals surface area contributed by atoms with Crippen LogP contribution in [0.15, 0.2) is 42.5 Å². The number of halogens is 1. The molecule has 0 amide bonds. The minimum Gasteiger partial charge on any atom is -0.399 e. The molecule has 0 unspecified atom stereocenters. The van der Waals surface area contributed by atoms with Crippen LogP contribution in [0.5, 0.6) is 0 Å². The van der Waals surface area contributed by atoms with Crippen LogP contribution in [-0.4, -0.2) is 15.2 Å². The number of aromatic amines is 1. The normalized spacial score (nSPS) is 10.6. The number of nitrogens with one attached hydrogen (secondary N) is 2. The van der Waals surface area contributed by atoms with Gasteiger partial charge >= 0.3 is 0 Å². The van der Waals surface area contributed by atoms with Gasteiger partial charge in [-0.2, -0.15) is 4.98 Å². The number of hydrogen-bond donors (Lipinski definition) is 3. The van der Waals surface area contributed by atoms with Crippen LogP contribution in [0, 0.1) is 6.92 Å². The predicted octanol–water partition coefficient (Wildman–Crippen LogP) is 3.63. The molecule has 1 heterocycles. The maximum atomic E-state index is 6.21. The minimum atomic E-state index is 0.525. The monoisotopic (exact) mass is 313 g/mol. The Hall–Kier alpha value is -2.53. The second-order valence-electron chi connectivity index (χ2n) is 5.02. The number of nitrogens with two attached hydrogens (primary N) is 1. The van der Waals surface area contributed by atoms with Gasteiger partial charge in [-0.3, -0.25) is 5.10 Å². The summed E-state index contributed by atoms with van der Waals surface area (Å²) >= 11 is 6.21. The molecule has 2 aromatic carbocycles. The Balaban J connectivity index is 1.75. The molecule has 0 saturated carbocycles. The standard InChI is InChI=1S/C16H16ClN5/c1-10-4-2-7-14(17)13(10)9-19-16-20-15(21-22-16)11-5-3-6-12(18)8-11/h2-8H,9,18H2,1H3,(H2,19,20,21,22). The van der Waals surface area contributed by atoms with Crippen LogP contribution < -0.4 is 11.1 Å². The van der Waals surface area contributed by atoms with Crippen LogP contribution in [0.2, 0.25) is 5.02 Å². The molecule has 22 heavy (non-hydrogen) atoms. The summed E-state index contributed by atoms with van der Waals surface area (Å²) in [4.78, 5) is 4.42. The molecule has 0 saturated heterocycles. The summed E-state index contributed by atoms with van der Waals surface area (Å²) in [5.74, 6) is 1.20. The molecule has 0 radical (unpaired) electrons. The van der Waals surface area contributed by atoms with Crippen molar-refractivity contribution in [3.05, 3.63) is 58.6 Å². The average Bonchev–Trinajstić information content (AvgIpc) is 2.96. The zero-order valence-corrected chi connectivity index (χ0v) is 12.9. The van der Waals surface area contributed by atoms with Crippen molar-refractivity contribution >= 4 is 23.2 Å². The molecular formula is C16H16ClN5. The molecule has 1 aromatic heterocycles. The molecule has 0 fully saturated rings.